The van der Waals surface area contributed by atoms with Gasteiger partial charge in [-0.25, -0.2) is 4.98 Å². The third kappa shape index (κ3) is 2.23. The Morgan fingerprint density at radius 3 is 2.62 bits per heavy atom. The number of thiazole rings is 1. The Bertz CT molecular complexity index is 1110. The number of para-hydroxylation sites is 1. The van der Waals surface area contributed by atoms with Gasteiger partial charge in [0.05, 0.1) is 18.9 Å². The number of fused-ring (bicyclic) bond motifs is 3. The minimum absolute atomic E-state index is 0.174. The van der Waals surface area contributed by atoms with E-state index in [2.05, 4.69) is 9.97 Å². The minimum atomic E-state index is -0.174. The maximum atomic E-state index is 12.3. The first-order chi connectivity index (χ1) is 11.7. The van der Waals surface area contributed by atoms with Gasteiger partial charge < -0.3 is 14.5 Å². The van der Waals surface area contributed by atoms with E-state index in [1.54, 1.807) is 14.2 Å². The van der Waals surface area contributed by atoms with Crippen LogP contribution < -0.4 is 15.0 Å². The maximum Gasteiger partial charge on any atom is 0.275 e. The number of hydrogen-bond acceptors (Lipinski definition) is 5. The maximum absolute atomic E-state index is 12.3. The Morgan fingerprint density at radius 2 is 1.83 bits per heavy atom. The molecule has 24 heavy (non-hydrogen) atoms. The van der Waals surface area contributed by atoms with Crippen LogP contribution in [0.1, 0.15) is 0 Å². The van der Waals surface area contributed by atoms with Crippen molar-refractivity contribution in [3.63, 3.8) is 0 Å². The first-order valence-corrected chi connectivity index (χ1v) is 8.17. The van der Waals surface area contributed by atoms with Crippen LogP contribution in [0.4, 0.5) is 0 Å². The number of hydrogen-bond donors (Lipinski definition) is 1. The molecule has 120 valence electrons. The SMILES string of the molecule is COc1ccc(-c2nc3c(=O)[nH]c4ccccc4c3s2)cc1OC. The first-order valence-electron chi connectivity index (χ1n) is 7.35. The lowest BCUT2D eigenvalue weighted by atomic mass is 10.2. The van der Waals surface area contributed by atoms with E-state index in [1.165, 1.54) is 11.3 Å². The van der Waals surface area contributed by atoms with Crippen LogP contribution in [0.25, 0.3) is 31.7 Å². The third-order valence-corrected chi connectivity index (χ3v) is 5.03. The van der Waals surface area contributed by atoms with Crippen molar-refractivity contribution < 1.29 is 9.47 Å². The van der Waals surface area contributed by atoms with Gasteiger partial charge in [-0.15, -0.1) is 11.3 Å². The summed E-state index contributed by atoms with van der Waals surface area (Å²) in [5.74, 6) is 1.29. The van der Waals surface area contributed by atoms with E-state index < -0.39 is 0 Å². The molecule has 0 saturated carbocycles. The van der Waals surface area contributed by atoms with Crippen molar-refractivity contribution in [1.82, 2.24) is 9.97 Å². The summed E-state index contributed by atoms with van der Waals surface area (Å²) in [6.07, 6.45) is 0. The number of nitrogens with zero attached hydrogens (tertiary/aromatic N) is 1. The van der Waals surface area contributed by atoms with Crippen molar-refractivity contribution in [3.8, 4) is 22.1 Å². The van der Waals surface area contributed by atoms with Gasteiger partial charge in [0.15, 0.2) is 11.5 Å². The van der Waals surface area contributed by atoms with Crippen LogP contribution in [0.2, 0.25) is 0 Å². The van der Waals surface area contributed by atoms with Crippen LogP contribution >= 0.6 is 11.3 Å². The highest BCUT2D eigenvalue weighted by atomic mass is 32.1. The number of rotatable bonds is 3. The molecule has 0 unspecified atom stereocenters. The Balaban J connectivity index is 1.97. The molecule has 2 aromatic heterocycles. The molecule has 4 aromatic rings. The zero-order valence-electron chi connectivity index (χ0n) is 13.1. The van der Waals surface area contributed by atoms with Crippen LogP contribution in [0.5, 0.6) is 11.5 Å². The number of aromatic amines is 1. The van der Waals surface area contributed by atoms with Crippen LogP contribution in [-0.2, 0) is 0 Å². The van der Waals surface area contributed by atoms with E-state index in [0.717, 1.165) is 26.2 Å². The van der Waals surface area contributed by atoms with Crippen LogP contribution in [0, 0.1) is 0 Å². The lowest BCUT2D eigenvalue weighted by Gasteiger charge is -2.08. The van der Waals surface area contributed by atoms with Gasteiger partial charge in [-0.3, -0.25) is 4.79 Å². The molecule has 0 bridgehead atoms. The first kappa shape index (κ1) is 14.7. The predicted octanol–water partition coefficient (Wildman–Crippen LogP) is 3.82. The average Bonchev–Trinajstić information content (AvgIpc) is 3.07. The van der Waals surface area contributed by atoms with Gasteiger partial charge in [0, 0.05) is 16.5 Å². The molecule has 1 N–H and O–H groups in total. The second-order valence-corrected chi connectivity index (χ2v) is 6.27. The summed E-state index contributed by atoms with van der Waals surface area (Å²) in [4.78, 5) is 19.7. The van der Waals surface area contributed by atoms with Crippen molar-refractivity contribution in [3.05, 3.63) is 52.8 Å². The van der Waals surface area contributed by atoms with E-state index in [-0.39, 0.29) is 5.56 Å². The standard InChI is InChI=1S/C18H14N2O3S/c1-22-13-8-7-10(9-14(13)23-2)18-20-15-16(24-18)11-5-3-4-6-12(11)19-17(15)21/h3-9H,1-2H3,(H,19,21). The molecule has 0 fully saturated rings. The van der Waals surface area contributed by atoms with E-state index in [0.29, 0.717) is 17.0 Å². The molecule has 0 spiro atoms. The van der Waals surface area contributed by atoms with Crippen LogP contribution in [0.3, 0.4) is 0 Å². The molecule has 0 aliphatic carbocycles. The molecule has 2 aromatic carbocycles. The van der Waals surface area contributed by atoms with Crippen LogP contribution in [0.15, 0.2) is 47.3 Å². The zero-order chi connectivity index (χ0) is 16.7. The summed E-state index contributed by atoms with van der Waals surface area (Å²) in [6.45, 7) is 0. The zero-order valence-corrected chi connectivity index (χ0v) is 13.9. The molecule has 0 aliphatic rings. The van der Waals surface area contributed by atoms with E-state index >= 15 is 0 Å². The average molecular weight is 338 g/mol. The van der Waals surface area contributed by atoms with Crippen molar-refractivity contribution in [2.45, 2.75) is 0 Å². The van der Waals surface area contributed by atoms with Crippen molar-refractivity contribution in [2.24, 2.45) is 0 Å². The summed E-state index contributed by atoms with van der Waals surface area (Å²) in [5, 5.41) is 1.77. The Labute approximate surface area is 141 Å². The van der Waals surface area contributed by atoms with Gasteiger partial charge in [0.2, 0.25) is 0 Å². The number of methoxy groups -OCH3 is 2. The normalized spacial score (nSPS) is 11.1. The second-order valence-electron chi connectivity index (χ2n) is 5.27. The Hall–Kier alpha value is -2.86. The molecule has 4 rings (SSSR count). The number of H-pyrrole nitrogens is 1. The monoisotopic (exact) mass is 338 g/mol. The molecule has 0 radical (unpaired) electrons. The number of benzene rings is 2. The molecule has 6 heteroatoms. The topological polar surface area (TPSA) is 64.2 Å². The summed E-state index contributed by atoms with van der Waals surface area (Å²) >= 11 is 1.50. The highest BCUT2D eigenvalue weighted by Gasteiger charge is 2.14. The highest BCUT2D eigenvalue weighted by Crippen LogP contribution is 2.36. The smallest absolute Gasteiger partial charge is 0.275 e. The Kier molecular flexibility index (Phi) is 3.46. The number of pyridine rings is 1. The van der Waals surface area contributed by atoms with Crippen LogP contribution in [-0.4, -0.2) is 24.2 Å². The fourth-order valence-electron chi connectivity index (χ4n) is 2.72. The fourth-order valence-corrected chi connectivity index (χ4v) is 3.82. The number of nitrogens with one attached hydrogen (secondary N) is 1. The molecule has 0 aliphatic heterocycles. The summed E-state index contributed by atoms with van der Waals surface area (Å²) in [6, 6.07) is 13.4. The number of aromatic nitrogens is 2. The lowest BCUT2D eigenvalue weighted by molar-refractivity contribution is 0.355. The van der Waals surface area contributed by atoms with E-state index in [4.69, 9.17) is 9.47 Å². The lowest BCUT2D eigenvalue weighted by Crippen LogP contribution is -2.05. The molecule has 0 atom stereocenters. The van der Waals surface area contributed by atoms with Gasteiger partial charge in [0.1, 0.15) is 10.5 Å². The minimum Gasteiger partial charge on any atom is -0.493 e. The summed E-state index contributed by atoms with van der Waals surface area (Å²) in [5.41, 5.74) is 1.99. The molecule has 0 saturated heterocycles. The third-order valence-electron chi connectivity index (χ3n) is 3.89. The van der Waals surface area contributed by atoms with Gasteiger partial charge >= 0.3 is 0 Å². The largest absolute Gasteiger partial charge is 0.493 e. The van der Waals surface area contributed by atoms with Gasteiger partial charge in [-0.1, -0.05) is 18.2 Å². The molecule has 2 heterocycles. The quantitative estimate of drug-likeness (QED) is 0.617. The summed E-state index contributed by atoms with van der Waals surface area (Å²) < 4.78 is 11.5. The Morgan fingerprint density at radius 1 is 1.04 bits per heavy atom. The molecular weight excluding hydrogens is 324 g/mol. The van der Waals surface area contributed by atoms with Crippen molar-refractivity contribution in [2.75, 3.05) is 14.2 Å². The number of ether oxygens (including phenoxy) is 2. The van der Waals surface area contributed by atoms with Gasteiger partial charge in [0.25, 0.3) is 5.56 Å². The molecular formula is C18H14N2O3S. The highest BCUT2D eigenvalue weighted by molar-refractivity contribution is 7.22. The second kappa shape index (κ2) is 5.65. The predicted molar refractivity (Wildman–Crippen MR) is 96.3 cm³/mol. The molecule has 0 amide bonds. The fraction of sp³-hybridized carbons (Fsp3) is 0.111. The molecule has 5 nitrogen and oxygen atoms in total. The van der Waals surface area contributed by atoms with Crippen molar-refractivity contribution in [1.29, 1.82) is 0 Å². The van der Waals surface area contributed by atoms with Crippen molar-refractivity contribution >= 4 is 32.5 Å². The van der Waals surface area contributed by atoms with E-state index in [9.17, 15) is 4.79 Å². The van der Waals surface area contributed by atoms with Gasteiger partial charge in [-0.05, 0) is 24.3 Å². The van der Waals surface area contributed by atoms with E-state index in [1.807, 2.05) is 42.5 Å². The summed E-state index contributed by atoms with van der Waals surface area (Å²) in [7, 11) is 3.19. The van der Waals surface area contributed by atoms with Gasteiger partial charge in [-0.2, -0.15) is 0 Å².